The van der Waals surface area contributed by atoms with Crippen molar-refractivity contribution in [1.29, 1.82) is 0 Å². The molecule has 0 spiro atoms. The number of nitrogens with zero attached hydrogens (tertiary/aromatic N) is 1. The molecule has 0 radical (unpaired) electrons. The van der Waals surface area contributed by atoms with E-state index in [9.17, 15) is 22.8 Å². The predicted molar refractivity (Wildman–Crippen MR) is 96.5 cm³/mol. The molecule has 3 rings (SSSR count). The van der Waals surface area contributed by atoms with Crippen LogP contribution in [0.5, 0.6) is 0 Å². The Hall–Kier alpha value is -2.72. The summed E-state index contributed by atoms with van der Waals surface area (Å²) in [6, 6.07) is 7.45. The number of carbonyl (C=O) groups excluding carboxylic acids is 2. The van der Waals surface area contributed by atoms with Gasteiger partial charge in [0.1, 0.15) is 9.88 Å². The first kappa shape index (κ1) is 19.1. The molecule has 0 saturated carbocycles. The van der Waals surface area contributed by atoms with Crippen molar-refractivity contribution in [2.45, 2.75) is 13.1 Å². The van der Waals surface area contributed by atoms with E-state index in [0.717, 1.165) is 29.1 Å². The minimum absolute atomic E-state index is 0.0106. The Morgan fingerprint density at radius 1 is 1.04 bits per heavy atom. The van der Waals surface area contributed by atoms with E-state index in [0.29, 0.717) is 15.6 Å². The number of thiophene rings is 1. The van der Waals surface area contributed by atoms with Crippen LogP contribution in [0.25, 0.3) is 9.88 Å². The molecule has 2 amide bonds. The van der Waals surface area contributed by atoms with Gasteiger partial charge in [0.25, 0.3) is 11.8 Å². The minimum Gasteiger partial charge on any atom is -0.267 e. The van der Waals surface area contributed by atoms with E-state index in [4.69, 9.17) is 0 Å². The van der Waals surface area contributed by atoms with Crippen LogP contribution >= 0.6 is 22.7 Å². The molecule has 0 aliphatic heterocycles. The van der Waals surface area contributed by atoms with Crippen molar-refractivity contribution in [3.63, 3.8) is 0 Å². The zero-order chi connectivity index (χ0) is 19.6. The monoisotopic (exact) mass is 411 g/mol. The average Bonchev–Trinajstić information content (AvgIpc) is 3.28. The third-order valence-corrected chi connectivity index (χ3v) is 5.69. The smallest absolute Gasteiger partial charge is 0.267 e. The number of amides is 2. The maximum absolute atomic E-state index is 12.5. The molecule has 27 heavy (non-hydrogen) atoms. The largest absolute Gasteiger partial charge is 0.416 e. The van der Waals surface area contributed by atoms with E-state index >= 15 is 0 Å². The fourth-order valence-corrected chi connectivity index (χ4v) is 3.92. The van der Waals surface area contributed by atoms with Gasteiger partial charge in [-0.3, -0.25) is 20.4 Å². The quantitative estimate of drug-likeness (QED) is 0.632. The molecule has 3 aromatic rings. The molecular formula is C17H12F3N3O2S2. The van der Waals surface area contributed by atoms with Gasteiger partial charge in [0, 0.05) is 5.56 Å². The van der Waals surface area contributed by atoms with Gasteiger partial charge in [-0.05, 0) is 42.6 Å². The summed E-state index contributed by atoms with van der Waals surface area (Å²) in [7, 11) is 0. The molecule has 10 heteroatoms. The number of hydrogen-bond acceptors (Lipinski definition) is 5. The highest BCUT2D eigenvalue weighted by atomic mass is 32.1. The van der Waals surface area contributed by atoms with Gasteiger partial charge >= 0.3 is 6.18 Å². The number of nitrogens with one attached hydrogen (secondary N) is 2. The molecule has 1 aromatic carbocycles. The zero-order valence-corrected chi connectivity index (χ0v) is 15.4. The summed E-state index contributed by atoms with van der Waals surface area (Å²) in [6.07, 6.45) is -4.48. The Morgan fingerprint density at radius 3 is 2.30 bits per heavy atom. The Labute approximate surface area is 159 Å². The number of alkyl halides is 3. The highest BCUT2D eigenvalue weighted by molar-refractivity contribution is 7.22. The minimum atomic E-state index is -4.48. The van der Waals surface area contributed by atoms with Gasteiger partial charge in [0.05, 0.1) is 16.1 Å². The molecule has 0 aliphatic rings. The zero-order valence-electron chi connectivity index (χ0n) is 13.8. The summed E-state index contributed by atoms with van der Waals surface area (Å²) in [5.41, 5.74) is 4.09. The number of carbonyl (C=O) groups is 2. The molecule has 5 nitrogen and oxygen atoms in total. The third kappa shape index (κ3) is 4.34. The van der Waals surface area contributed by atoms with Gasteiger partial charge in [-0.1, -0.05) is 6.07 Å². The van der Waals surface area contributed by atoms with E-state index in [2.05, 4.69) is 15.8 Å². The summed E-state index contributed by atoms with van der Waals surface area (Å²) in [6.45, 7) is 1.68. The number of aromatic nitrogens is 1. The van der Waals surface area contributed by atoms with Crippen LogP contribution in [0, 0.1) is 6.92 Å². The summed E-state index contributed by atoms with van der Waals surface area (Å²) < 4.78 is 37.6. The second kappa shape index (κ2) is 7.49. The lowest BCUT2D eigenvalue weighted by molar-refractivity contribution is -0.137. The molecule has 140 valence electrons. The van der Waals surface area contributed by atoms with Crippen LogP contribution in [0.3, 0.4) is 0 Å². The lowest BCUT2D eigenvalue weighted by Gasteiger charge is -2.09. The SMILES string of the molecule is Cc1nc(-c2cccs2)sc1C(=O)NNC(=O)c1ccc(C(F)(F)F)cc1. The number of hydrazine groups is 1. The van der Waals surface area contributed by atoms with Gasteiger partial charge in [0.2, 0.25) is 0 Å². The Kier molecular flexibility index (Phi) is 5.29. The van der Waals surface area contributed by atoms with Gasteiger partial charge in [-0.2, -0.15) is 13.2 Å². The molecule has 0 bridgehead atoms. The highest BCUT2D eigenvalue weighted by Gasteiger charge is 2.30. The van der Waals surface area contributed by atoms with Crippen LogP contribution in [-0.2, 0) is 6.18 Å². The summed E-state index contributed by atoms with van der Waals surface area (Å²) >= 11 is 2.68. The van der Waals surface area contributed by atoms with Crippen LogP contribution in [0.15, 0.2) is 41.8 Å². The van der Waals surface area contributed by atoms with E-state index in [1.807, 2.05) is 17.5 Å². The van der Waals surface area contributed by atoms with Crippen molar-refractivity contribution >= 4 is 34.5 Å². The molecule has 0 atom stereocenters. The van der Waals surface area contributed by atoms with Crippen molar-refractivity contribution in [2.24, 2.45) is 0 Å². The summed E-state index contributed by atoms with van der Waals surface area (Å²) in [4.78, 5) is 29.9. The van der Waals surface area contributed by atoms with E-state index in [-0.39, 0.29) is 5.56 Å². The maximum atomic E-state index is 12.5. The van der Waals surface area contributed by atoms with Crippen molar-refractivity contribution in [2.75, 3.05) is 0 Å². The first-order chi connectivity index (χ1) is 12.8. The predicted octanol–water partition coefficient (Wildman–Crippen LogP) is 4.27. The molecule has 2 aromatic heterocycles. The van der Waals surface area contributed by atoms with E-state index < -0.39 is 23.6 Å². The van der Waals surface area contributed by atoms with Gasteiger partial charge < -0.3 is 0 Å². The number of aryl methyl sites for hydroxylation is 1. The van der Waals surface area contributed by atoms with Crippen LogP contribution in [0.1, 0.15) is 31.3 Å². The average molecular weight is 411 g/mol. The standard InChI is InChI=1S/C17H12F3N3O2S2/c1-9-13(27-16(21-9)12-3-2-8-26-12)15(25)23-22-14(24)10-4-6-11(7-5-10)17(18,19)20/h2-8H,1H3,(H,22,24)(H,23,25). The Morgan fingerprint density at radius 2 is 1.70 bits per heavy atom. The van der Waals surface area contributed by atoms with E-state index in [1.165, 1.54) is 22.7 Å². The normalized spacial score (nSPS) is 11.3. The molecule has 0 unspecified atom stereocenters. The van der Waals surface area contributed by atoms with Gasteiger partial charge in [-0.25, -0.2) is 4.98 Å². The topological polar surface area (TPSA) is 71.1 Å². The maximum Gasteiger partial charge on any atom is 0.416 e. The molecule has 0 fully saturated rings. The van der Waals surface area contributed by atoms with Crippen LogP contribution in [0.2, 0.25) is 0 Å². The first-order valence-corrected chi connectivity index (χ1v) is 9.24. The number of rotatable bonds is 3. The molecule has 2 heterocycles. The second-order valence-electron chi connectivity index (χ2n) is 5.39. The Balaban J connectivity index is 1.64. The van der Waals surface area contributed by atoms with E-state index in [1.54, 1.807) is 6.92 Å². The van der Waals surface area contributed by atoms with Crippen LogP contribution in [0.4, 0.5) is 13.2 Å². The summed E-state index contributed by atoms with van der Waals surface area (Å²) in [5, 5.41) is 2.59. The van der Waals surface area contributed by atoms with Gasteiger partial charge in [-0.15, -0.1) is 22.7 Å². The number of benzene rings is 1. The fourth-order valence-electron chi connectivity index (χ4n) is 2.17. The van der Waals surface area contributed by atoms with Crippen LogP contribution < -0.4 is 10.9 Å². The van der Waals surface area contributed by atoms with Crippen molar-refractivity contribution in [1.82, 2.24) is 15.8 Å². The molecule has 0 aliphatic carbocycles. The number of hydrogen-bond donors (Lipinski definition) is 2. The number of halogens is 3. The number of thiazole rings is 1. The van der Waals surface area contributed by atoms with Crippen molar-refractivity contribution < 1.29 is 22.8 Å². The van der Waals surface area contributed by atoms with Crippen molar-refractivity contribution in [3.8, 4) is 9.88 Å². The van der Waals surface area contributed by atoms with Gasteiger partial charge in [0.15, 0.2) is 0 Å². The molecule has 2 N–H and O–H groups in total. The third-order valence-electron chi connectivity index (χ3n) is 3.50. The molecule has 0 saturated heterocycles. The fraction of sp³-hybridized carbons (Fsp3) is 0.118. The van der Waals surface area contributed by atoms with Crippen LogP contribution in [-0.4, -0.2) is 16.8 Å². The lowest BCUT2D eigenvalue weighted by Crippen LogP contribution is -2.41. The first-order valence-electron chi connectivity index (χ1n) is 7.55. The molecular weight excluding hydrogens is 399 g/mol. The second-order valence-corrected chi connectivity index (χ2v) is 7.34. The Bertz CT molecular complexity index is 964. The highest BCUT2D eigenvalue weighted by Crippen LogP contribution is 2.31. The summed E-state index contributed by atoms with van der Waals surface area (Å²) in [5.74, 6) is -1.27. The lowest BCUT2D eigenvalue weighted by atomic mass is 10.1. The van der Waals surface area contributed by atoms with Crippen molar-refractivity contribution in [3.05, 3.63) is 63.5 Å².